The summed E-state index contributed by atoms with van der Waals surface area (Å²) in [6, 6.07) is 6.78. The lowest BCUT2D eigenvalue weighted by atomic mass is 9.81. The van der Waals surface area contributed by atoms with Gasteiger partial charge in [-0.1, -0.05) is 0 Å². The molecule has 3 aromatic rings. The number of nitrogens with zero attached hydrogens (tertiary/aromatic N) is 5. The second-order valence-corrected chi connectivity index (χ2v) is 8.79. The third-order valence-corrected chi connectivity index (χ3v) is 6.64. The Bertz CT molecular complexity index is 1210. The minimum Gasteiger partial charge on any atom is -0.272 e. The molecule has 0 unspecified atom stereocenters. The lowest BCUT2D eigenvalue weighted by Crippen LogP contribution is -2.37. The number of aromatic nitrogens is 3. The van der Waals surface area contributed by atoms with Crippen LogP contribution in [0.15, 0.2) is 36.7 Å². The number of hydrogen-bond acceptors (Lipinski definition) is 5. The summed E-state index contributed by atoms with van der Waals surface area (Å²) >= 11 is 0. The summed E-state index contributed by atoms with van der Waals surface area (Å²) in [5, 5.41) is 14.9. The van der Waals surface area contributed by atoms with Crippen LogP contribution in [0, 0.1) is 34.8 Å². The maximum atomic E-state index is 13.7. The van der Waals surface area contributed by atoms with Gasteiger partial charge in [0.05, 0.1) is 29.9 Å². The Morgan fingerprint density at radius 2 is 1.85 bits per heavy atom. The van der Waals surface area contributed by atoms with E-state index in [1.54, 1.807) is 12.3 Å². The molecule has 1 saturated carbocycles. The third-order valence-electron chi connectivity index (χ3n) is 6.64. The van der Waals surface area contributed by atoms with Gasteiger partial charge in [0.25, 0.3) is 0 Å². The molecule has 2 aromatic heterocycles. The summed E-state index contributed by atoms with van der Waals surface area (Å²) in [4.78, 5) is 23.0. The molecule has 0 spiro atoms. The van der Waals surface area contributed by atoms with Gasteiger partial charge in [-0.2, -0.15) is 10.4 Å². The molecule has 1 aromatic carbocycles. The van der Waals surface area contributed by atoms with Crippen LogP contribution in [0.3, 0.4) is 0 Å². The van der Waals surface area contributed by atoms with E-state index >= 15 is 0 Å². The van der Waals surface area contributed by atoms with Crippen molar-refractivity contribution in [3.8, 4) is 6.07 Å². The first-order valence-corrected chi connectivity index (χ1v) is 11.2. The van der Waals surface area contributed by atoms with Crippen LogP contribution >= 0.6 is 0 Å². The Kier molecular flexibility index (Phi) is 5.77. The first-order chi connectivity index (χ1) is 16.0. The molecule has 1 aliphatic heterocycles. The fraction of sp³-hybridized carbons (Fsp3) is 0.417. The third kappa shape index (κ3) is 4.31. The SMILES string of the molecule is N#Cc1cnc2cnn(CC3CCC(C(=O)N4OCC[C@H]4c4cc(F)cc(F)c4)CC3)c2c1. The maximum absolute atomic E-state index is 13.7. The highest BCUT2D eigenvalue weighted by molar-refractivity contribution is 5.78. The van der Waals surface area contributed by atoms with Crippen LogP contribution < -0.4 is 0 Å². The summed E-state index contributed by atoms with van der Waals surface area (Å²) in [6.07, 6.45) is 6.90. The van der Waals surface area contributed by atoms with Gasteiger partial charge in [0.15, 0.2) is 0 Å². The monoisotopic (exact) mass is 451 g/mol. The number of amides is 1. The van der Waals surface area contributed by atoms with Crippen LogP contribution in [0.25, 0.3) is 11.0 Å². The van der Waals surface area contributed by atoms with E-state index in [2.05, 4.69) is 16.2 Å². The van der Waals surface area contributed by atoms with Crippen LogP contribution in [0.2, 0.25) is 0 Å². The number of nitriles is 1. The Labute approximate surface area is 189 Å². The number of pyridine rings is 1. The lowest BCUT2D eigenvalue weighted by molar-refractivity contribution is -0.183. The van der Waals surface area contributed by atoms with Gasteiger partial charge in [-0.25, -0.2) is 13.8 Å². The maximum Gasteiger partial charge on any atom is 0.249 e. The highest BCUT2D eigenvalue weighted by Crippen LogP contribution is 2.37. The number of halogens is 2. The van der Waals surface area contributed by atoms with Gasteiger partial charge in [0, 0.05) is 31.1 Å². The normalized spacial score (nSPS) is 23.1. The van der Waals surface area contributed by atoms with E-state index in [0.717, 1.165) is 29.9 Å². The largest absolute Gasteiger partial charge is 0.272 e. The van der Waals surface area contributed by atoms with E-state index < -0.39 is 17.7 Å². The number of benzene rings is 1. The minimum absolute atomic E-state index is 0.118. The zero-order chi connectivity index (χ0) is 22.9. The predicted octanol–water partition coefficient (Wildman–Crippen LogP) is 4.29. The van der Waals surface area contributed by atoms with Crippen molar-refractivity contribution >= 4 is 16.9 Å². The van der Waals surface area contributed by atoms with E-state index in [0.29, 0.717) is 49.5 Å². The number of hydrogen-bond donors (Lipinski definition) is 0. The molecular weight excluding hydrogens is 428 g/mol. The van der Waals surface area contributed by atoms with Crippen molar-refractivity contribution in [3.63, 3.8) is 0 Å². The molecule has 170 valence electrons. The standard InChI is InChI=1S/C24H23F2N5O2/c25-19-8-18(9-20(26)10-19)22-5-6-33-31(22)24(32)17-3-1-15(2-4-17)14-30-23-7-16(11-27)12-28-21(23)13-29-30/h7-10,12-13,15,17,22H,1-6,14H2/t15?,17?,22-/m0/s1. The number of rotatable bonds is 4. The van der Waals surface area contributed by atoms with Gasteiger partial charge in [-0.15, -0.1) is 0 Å². The highest BCUT2D eigenvalue weighted by atomic mass is 19.1. The molecule has 0 radical (unpaired) electrons. The lowest BCUT2D eigenvalue weighted by Gasteiger charge is -2.32. The van der Waals surface area contributed by atoms with Crippen molar-refractivity contribution in [2.24, 2.45) is 11.8 Å². The van der Waals surface area contributed by atoms with Crippen molar-refractivity contribution < 1.29 is 18.4 Å². The summed E-state index contributed by atoms with van der Waals surface area (Å²) in [7, 11) is 0. The molecule has 1 amide bonds. The van der Waals surface area contributed by atoms with Crippen LogP contribution in [0.4, 0.5) is 8.78 Å². The van der Waals surface area contributed by atoms with E-state index in [-0.39, 0.29) is 11.8 Å². The van der Waals surface area contributed by atoms with Crippen LogP contribution in [0.5, 0.6) is 0 Å². The number of carbonyl (C=O) groups excluding carboxylic acids is 1. The number of hydroxylamine groups is 2. The van der Waals surface area contributed by atoms with E-state index in [4.69, 9.17) is 10.1 Å². The van der Waals surface area contributed by atoms with Crippen LogP contribution in [0.1, 0.15) is 49.3 Å². The summed E-state index contributed by atoms with van der Waals surface area (Å²) in [5.74, 6) is -1.26. The molecule has 33 heavy (non-hydrogen) atoms. The molecule has 0 bridgehead atoms. The topological polar surface area (TPSA) is 84.0 Å². The molecule has 1 atom stereocenters. The van der Waals surface area contributed by atoms with Crippen LogP contribution in [-0.4, -0.2) is 32.3 Å². The molecule has 9 heteroatoms. The Balaban J connectivity index is 1.23. The van der Waals surface area contributed by atoms with Gasteiger partial charge in [-0.3, -0.25) is 19.3 Å². The summed E-state index contributed by atoms with van der Waals surface area (Å²) in [5.41, 5.74) is 2.51. The minimum atomic E-state index is -0.659. The molecular formula is C24H23F2N5O2. The van der Waals surface area contributed by atoms with Gasteiger partial charge in [0.1, 0.15) is 23.2 Å². The number of carbonyl (C=O) groups is 1. The quantitative estimate of drug-likeness (QED) is 0.591. The Morgan fingerprint density at radius 1 is 1.09 bits per heavy atom. The zero-order valence-electron chi connectivity index (χ0n) is 18.0. The average Bonchev–Trinajstić information content (AvgIpc) is 3.46. The number of fused-ring (bicyclic) bond motifs is 1. The molecule has 5 rings (SSSR count). The highest BCUT2D eigenvalue weighted by Gasteiger charge is 2.37. The first kappa shape index (κ1) is 21.5. The molecule has 1 saturated heterocycles. The Hall–Kier alpha value is -3.38. The van der Waals surface area contributed by atoms with Crippen molar-refractivity contribution in [1.29, 1.82) is 5.26 Å². The Morgan fingerprint density at radius 3 is 2.58 bits per heavy atom. The van der Waals surface area contributed by atoms with Gasteiger partial charge >= 0.3 is 0 Å². The predicted molar refractivity (Wildman–Crippen MR) is 114 cm³/mol. The summed E-state index contributed by atoms with van der Waals surface area (Å²) < 4.78 is 29.3. The van der Waals surface area contributed by atoms with Crippen LogP contribution in [-0.2, 0) is 16.2 Å². The van der Waals surface area contributed by atoms with Crippen molar-refractivity contribution in [1.82, 2.24) is 19.8 Å². The van der Waals surface area contributed by atoms with Crippen molar-refractivity contribution in [3.05, 3.63) is 59.4 Å². The van der Waals surface area contributed by atoms with Gasteiger partial charge in [0.2, 0.25) is 5.91 Å². The molecule has 2 fully saturated rings. The molecule has 1 aliphatic carbocycles. The van der Waals surface area contributed by atoms with E-state index in [1.165, 1.54) is 23.4 Å². The zero-order valence-corrected chi connectivity index (χ0v) is 18.0. The molecule has 2 aliphatic rings. The second kappa shape index (κ2) is 8.87. The van der Waals surface area contributed by atoms with E-state index in [9.17, 15) is 13.6 Å². The second-order valence-electron chi connectivity index (χ2n) is 8.79. The van der Waals surface area contributed by atoms with Crippen molar-refractivity contribution in [2.75, 3.05) is 6.61 Å². The van der Waals surface area contributed by atoms with Gasteiger partial charge in [-0.05, 0) is 55.4 Å². The first-order valence-electron chi connectivity index (χ1n) is 11.2. The van der Waals surface area contributed by atoms with E-state index in [1.807, 2.05) is 4.68 Å². The fourth-order valence-electron chi connectivity index (χ4n) is 4.94. The molecule has 3 heterocycles. The van der Waals surface area contributed by atoms with Gasteiger partial charge < -0.3 is 0 Å². The smallest absolute Gasteiger partial charge is 0.249 e. The van der Waals surface area contributed by atoms with Crippen molar-refractivity contribution in [2.45, 2.75) is 44.7 Å². The molecule has 0 N–H and O–H groups in total. The average molecular weight is 451 g/mol. The summed E-state index contributed by atoms with van der Waals surface area (Å²) in [6.45, 7) is 1.04. The molecule has 7 nitrogen and oxygen atoms in total. The fourth-order valence-corrected chi connectivity index (χ4v) is 4.94.